The Labute approximate surface area is 111 Å². The normalized spacial score (nSPS) is 17.1. The Morgan fingerprint density at radius 2 is 1.83 bits per heavy atom. The highest BCUT2D eigenvalue weighted by Gasteiger charge is 2.10. The van der Waals surface area contributed by atoms with Gasteiger partial charge >= 0.3 is 0 Å². The Morgan fingerprint density at radius 3 is 2.44 bits per heavy atom. The topological polar surface area (TPSA) is 48.9 Å². The van der Waals surface area contributed by atoms with E-state index in [1.807, 2.05) is 7.05 Å². The van der Waals surface area contributed by atoms with Crippen LogP contribution in [0.4, 0.5) is 0 Å². The highest BCUT2D eigenvalue weighted by Crippen LogP contribution is 2.06. The van der Waals surface area contributed by atoms with E-state index in [1.54, 1.807) is 7.11 Å². The lowest BCUT2D eigenvalue weighted by atomic mass is 10.4. The summed E-state index contributed by atoms with van der Waals surface area (Å²) in [5, 5.41) is 6.62. The summed E-state index contributed by atoms with van der Waals surface area (Å²) in [7, 11) is 3.54. The first-order chi connectivity index (χ1) is 8.86. The minimum Gasteiger partial charge on any atom is -0.385 e. The van der Waals surface area contributed by atoms with Crippen LogP contribution in [0.5, 0.6) is 0 Å². The van der Waals surface area contributed by atoms with E-state index in [1.165, 1.54) is 38.9 Å². The van der Waals surface area contributed by atoms with Gasteiger partial charge in [-0.1, -0.05) is 0 Å². The summed E-state index contributed by atoms with van der Waals surface area (Å²) < 4.78 is 5.01. The second-order valence-electron chi connectivity index (χ2n) is 4.67. The average molecular weight is 256 g/mol. The third-order valence-corrected chi connectivity index (χ3v) is 3.18. The van der Waals surface area contributed by atoms with E-state index in [-0.39, 0.29) is 0 Å². The molecule has 1 saturated heterocycles. The van der Waals surface area contributed by atoms with Gasteiger partial charge in [-0.25, -0.2) is 0 Å². The van der Waals surface area contributed by atoms with E-state index in [2.05, 4.69) is 20.5 Å². The summed E-state index contributed by atoms with van der Waals surface area (Å²) >= 11 is 0. The quantitative estimate of drug-likeness (QED) is 0.381. The van der Waals surface area contributed by atoms with Crippen LogP contribution < -0.4 is 10.6 Å². The zero-order chi connectivity index (χ0) is 13.1. The summed E-state index contributed by atoms with van der Waals surface area (Å²) in [5.41, 5.74) is 0. The van der Waals surface area contributed by atoms with E-state index < -0.39 is 0 Å². The molecule has 18 heavy (non-hydrogen) atoms. The van der Waals surface area contributed by atoms with E-state index in [9.17, 15) is 0 Å². The molecule has 1 aliphatic rings. The van der Waals surface area contributed by atoms with Gasteiger partial charge in [0.2, 0.25) is 0 Å². The van der Waals surface area contributed by atoms with Crippen molar-refractivity contribution in [1.29, 1.82) is 0 Å². The van der Waals surface area contributed by atoms with Gasteiger partial charge in [0.1, 0.15) is 0 Å². The highest BCUT2D eigenvalue weighted by atomic mass is 16.5. The van der Waals surface area contributed by atoms with E-state index in [4.69, 9.17) is 4.74 Å². The Kier molecular flexibility index (Phi) is 8.59. The van der Waals surface area contributed by atoms with Gasteiger partial charge in [-0.05, 0) is 45.3 Å². The number of guanidine groups is 1. The molecule has 0 spiro atoms. The predicted molar refractivity (Wildman–Crippen MR) is 76.1 cm³/mol. The molecule has 0 aromatic rings. The smallest absolute Gasteiger partial charge is 0.190 e. The van der Waals surface area contributed by atoms with Crippen molar-refractivity contribution in [2.75, 3.05) is 53.5 Å². The first-order valence-corrected chi connectivity index (χ1v) is 7.02. The SMILES string of the molecule is CN=C(NCCCOC)NCCCN1CCCC1. The highest BCUT2D eigenvalue weighted by molar-refractivity contribution is 5.79. The molecule has 0 aromatic heterocycles. The maximum Gasteiger partial charge on any atom is 0.190 e. The van der Waals surface area contributed by atoms with Gasteiger partial charge in [-0.2, -0.15) is 0 Å². The van der Waals surface area contributed by atoms with Crippen LogP contribution in [0.2, 0.25) is 0 Å². The molecule has 2 N–H and O–H groups in total. The number of nitrogens with one attached hydrogen (secondary N) is 2. The summed E-state index contributed by atoms with van der Waals surface area (Å²) in [6, 6.07) is 0. The van der Waals surface area contributed by atoms with Crippen LogP contribution in [0.1, 0.15) is 25.7 Å². The fraction of sp³-hybridized carbons (Fsp3) is 0.923. The summed E-state index contributed by atoms with van der Waals surface area (Å²) in [4.78, 5) is 6.73. The lowest BCUT2D eigenvalue weighted by molar-refractivity contribution is 0.195. The molecular formula is C13H28N4O. The van der Waals surface area contributed by atoms with E-state index >= 15 is 0 Å². The largest absolute Gasteiger partial charge is 0.385 e. The maximum absolute atomic E-state index is 5.01. The fourth-order valence-electron chi connectivity index (χ4n) is 2.16. The standard InChI is InChI=1S/C13H28N4O/c1-14-13(16-8-6-12-18-2)15-7-5-11-17-9-3-4-10-17/h3-12H2,1-2H3,(H2,14,15,16). The van der Waals surface area contributed by atoms with Gasteiger partial charge in [-0.15, -0.1) is 0 Å². The third kappa shape index (κ3) is 6.81. The third-order valence-electron chi connectivity index (χ3n) is 3.18. The average Bonchev–Trinajstić information content (AvgIpc) is 2.90. The predicted octanol–water partition coefficient (Wildman–Crippen LogP) is 0.674. The zero-order valence-corrected chi connectivity index (χ0v) is 11.9. The van der Waals surface area contributed by atoms with Gasteiger partial charge < -0.3 is 20.3 Å². The number of rotatable bonds is 8. The second kappa shape index (κ2) is 10.1. The van der Waals surface area contributed by atoms with Crippen molar-refractivity contribution in [3.8, 4) is 0 Å². The lowest BCUT2D eigenvalue weighted by Crippen LogP contribution is -2.39. The molecule has 0 bridgehead atoms. The molecule has 5 nitrogen and oxygen atoms in total. The van der Waals surface area contributed by atoms with Gasteiger partial charge in [0.25, 0.3) is 0 Å². The van der Waals surface area contributed by atoms with Crippen molar-refractivity contribution in [2.24, 2.45) is 4.99 Å². The molecular weight excluding hydrogens is 228 g/mol. The van der Waals surface area contributed by atoms with Crippen molar-refractivity contribution >= 4 is 5.96 Å². The molecule has 0 aliphatic carbocycles. The molecule has 1 aliphatic heterocycles. The molecule has 0 aromatic carbocycles. The van der Waals surface area contributed by atoms with Crippen LogP contribution in [-0.2, 0) is 4.74 Å². The number of hydrogen-bond acceptors (Lipinski definition) is 3. The Hall–Kier alpha value is -0.810. The van der Waals surface area contributed by atoms with Crippen LogP contribution in [0.3, 0.4) is 0 Å². The first-order valence-electron chi connectivity index (χ1n) is 7.02. The monoisotopic (exact) mass is 256 g/mol. The van der Waals surface area contributed by atoms with Crippen molar-refractivity contribution in [3.05, 3.63) is 0 Å². The Bertz CT molecular complexity index is 227. The number of ether oxygens (including phenoxy) is 1. The van der Waals surface area contributed by atoms with Crippen molar-refractivity contribution < 1.29 is 4.74 Å². The van der Waals surface area contributed by atoms with Crippen LogP contribution in [0.15, 0.2) is 4.99 Å². The molecule has 0 radical (unpaired) electrons. The maximum atomic E-state index is 5.01. The number of aliphatic imine (C=N–C) groups is 1. The second-order valence-corrected chi connectivity index (χ2v) is 4.67. The van der Waals surface area contributed by atoms with Crippen LogP contribution in [0, 0.1) is 0 Å². The minimum atomic E-state index is 0.791. The van der Waals surface area contributed by atoms with Crippen LogP contribution in [-0.4, -0.2) is 64.3 Å². The van der Waals surface area contributed by atoms with Gasteiger partial charge in [0.05, 0.1) is 0 Å². The Balaban J connectivity index is 1.97. The van der Waals surface area contributed by atoms with Gasteiger partial charge in [0, 0.05) is 33.9 Å². The molecule has 0 amide bonds. The number of methoxy groups -OCH3 is 1. The first kappa shape index (κ1) is 15.2. The minimum absolute atomic E-state index is 0.791. The van der Waals surface area contributed by atoms with Crippen LogP contribution in [0.25, 0.3) is 0 Å². The molecule has 0 unspecified atom stereocenters. The summed E-state index contributed by atoms with van der Waals surface area (Å²) in [6.45, 7) is 6.45. The molecule has 0 atom stereocenters. The molecule has 1 rings (SSSR count). The molecule has 0 saturated carbocycles. The van der Waals surface area contributed by atoms with Gasteiger partial charge in [0.15, 0.2) is 5.96 Å². The number of likely N-dealkylation sites (tertiary alicyclic amines) is 1. The van der Waals surface area contributed by atoms with E-state index in [0.29, 0.717) is 0 Å². The van der Waals surface area contributed by atoms with E-state index in [0.717, 1.165) is 32.1 Å². The summed E-state index contributed by atoms with van der Waals surface area (Å²) in [5.74, 6) is 0.896. The fourth-order valence-corrected chi connectivity index (χ4v) is 2.16. The number of nitrogens with zero attached hydrogens (tertiary/aromatic N) is 2. The molecule has 5 heteroatoms. The van der Waals surface area contributed by atoms with Crippen molar-refractivity contribution in [1.82, 2.24) is 15.5 Å². The zero-order valence-electron chi connectivity index (χ0n) is 11.9. The van der Waals surface area contributed by atoms with Crippen molar-refractivity contribution in [3.63, 3.8) is 0 Å². The summed E-state index contributed by atoms with van der Waals surface area (Å²) in [6.07, 6.45) is 4.93. The van der Waals surface area contributed by atoms with Gasteiger partial charge in [-0.3, -0.25) is 4.99 Å². The molecule has 1 heterocycles. The molecule has 106 valence electrons. The Morgan fingerprint density at radius 1 is 1.17 bits per heavy atom. The molecule has 1 fully saturated rings. The lowest BCUT2D eigenvalue weighted by Gasteiger charge is -2.15. The number of hydrogen-bond donors (Lipinski definition) is 2. The van der Waals surface area contributed by atoms with Crippen molar-refractivity contribution in [2.45, 2.75) is 25.7 Å². The van der Waals surface area contributed by atoms with Crippen LogP contribution >= 0.6 is 0 Å².